The number of nitriles is 6. The van der Waals surface area contributed by atoms with Crippen LogP contribution in [0.5, 0.6) is 0 Å². The molecule has 0 amide bonds. The van der Waals surface area contributed by atoms with E-state index in [1.165, 1.54) is 0 Å². The third-order valence-corrected chi connectivity index (χ3v) is 8.61. The smallest absolute Gasteiger partial charge is 0.148 e. The molecule has 0 bridgehead atoms. The Morgan fingerprint density at radius 3 is 0.815 bits per heavy atom. The number of allylic oxidation sites excluding steroid dienone is 4. The maximum atomic E-state index is 9.63. The molecule has 8 nitrogen and oxygen atoms in total. The van der Waals surface area contributed by atoms with Gasteiger partial charge in [-0.2, -0.15) is 31.6 Å². The maximum Gasteiger partial charge on any atom is 0.148 e. The van der Waals surface area contributed by atoms with Gasteiger partial charge in [-0.15, -0.1) is 0 Å². The van der Waals surface area contributed by atoms with Gasteiger partial charge in [-0.1, -0.05) is 84.9 Å². The van der Waals surface area contributed by atoms with Crippen molar-refractivity contribution in [3.8, 4) is 47.5 Å². The molecule has 0 aliphatic carbocycles. The quantitative estimate of drug-likeness (QED) is 0.136. The first-order valence-electron chi connectivity index (χ1n) is 16.5. The summed E-state index contributed by atoms with van der Waals surface area (Å²) in [5.74, 6) is 0. The van der Waals surface area contributed by atoms with Gasteiger partial charge < -0.3 is 9.80 Å². The van der Waals surface area contributed by atoms with E-state index in [9.17, 15) is 31.6 Å². The SMILES string of the molecule is N#CC(C#N)=C(C#N)c1ccc(N(c2ccccc2)c2ccc(-c3ccc(N(c4ccccc4)c4ccc(C(C#N)=C(C#N)C#N)cc4)cc3)cc2)cc1. The van der Waals surface area contributed by atoms with E-state index in [1.807, 2.05) is 121 Å². The zero-order valence-corrected chi connectivity index (χ0v) is 28.6. The Labute approximate surface area is 313 Å². The van der Waals surface area contributed by atoms with E-state index < -0.39 is 0 Å². The minimum Gasteiger partial charge on any atom is -0.311 e. The van der Waals surface area contributed by atoms with Gasteiger partial charge in [-0.05, 0) is 95.1 Å². The lowest BCUT2D eigenvalue weighted by Crippen LogP contribution is -2.10. The van der Waals surface area contributed by atoms with Crippen LogP contribution in [0, 0.1) is 68.0 Å². The molecule has 54 heavy (non-hydrogen) atoms. The molecule has 0 fully saturated rings. The van der Waals surface area contributed by atoms with Crippen LogP contribution in [0.3, 0.4) is 0 Å². The second-order valence-electron chi connectivity index (χ2n) is 11.7. The van der Waals surface area contributed by atoms with Crippen LogP contribution in [-0.4, -0.2) is 0 Å². The van der Waals surface area contributed by atoms with Gasteiger partial charge in [0.2, 0.25) is 0 Å². The Balaban J connectivity index is 1.31. The van der Waals surface area contributed by atoms with Crippen LogP contribution in [0.25, 0.3) is 22.3 Å². The highest BCUT2D eigenvalue weighted by Crippen LogP contribution is 2.38. The molecule has 8 heteroatoms. The van der Waals surface area contributed by atoms with Gasteiger partial charge in [0.05, 0.1) is 11.1 Å². The Morgan fingerprint density at radius 2 is 0.556 bits per heavy atom. The normalized spacial score (nSPS) is 9.74. The summed E-state index contributed by atoms with van der Waals surface area (Å²) in [6, 6.07) is 61.7. The molecule has 0 aromatic heterocycles. The largest absolute Gasteiger partial charge is 0.311 e. The number of hydrogen-bond donors (Lipinski definition) is 0. The molecule has 0 atom stereocenters. The van der Waals surface area contributed by atoms with Crippen molar-refractivity contribution >= 4 is 45.3 Å². The summed E-state index contributed by atoms with van der Waals surface area (Å²) < 4.78 is 0. The van der Waals surface area contributed by atoms with Crippen molar-refractivity contribution < 1.29 is 0 Å². The first kappa shape index (κ1) is 35.2. The van der Waals surface area contributed by atoms with Gasteiger partial charge in [0.1, 0.15) is 47.6 Å². The van der Waals surface area contributed by atoms with Crippen LogP contribution in [0.2, 0.25) is 0 Å². The molecule has 6 aromatic rings. The third kappa shape index (κ3) is 7.28. The lowest BCUT2D eigenvalue weighted by Gasteiger charge is -2.26. The van der Waals surface area contributed by atoms with Crippen LogP contribution in [-0.2, 0) is 0 Å². The van der Waals surface area contributed by atoms with Crippen molar-refractivity contribution in [2.75, 3.05) is 9.80 Å². The van der Waals surface area contributed by atoms with Gasteiger partial charge >= 0.3 is 0 Å². The van der Waals surface area contributed by atoms with E-state index in [0.29, 0.717) is 11.1 Å². The average Bonchev–Trinajstić information content (AvgIpc) is 3.24. The molecule has 0 spiro atoms. The molecule has 0 aliphatic rings. The molecule has 0 aliphatic heterocycles. The Bertz CT molecular complexity index is 2400. The first-order valence-corrected chi connectivity index (χ1v) is 16.5. The Morgan fingerprint density at radius 1 is 0.296 bits per heavy atom. The van der Waals surface area contributed by atoms with Gasteiger partial charge in [0.25, 0.3) is 0 Å². The van der Waals surface area contributed by atoms with Crippen LogP contribution in [0.4, 0.5) is 34.1 Å². The summed E-state index contributed by atoms with van der Waals surface area (Å²) >= 11 is 0. The Hall–Kier alpha value is -8.66. The van der Waals surface area contributed by atoms with Crippen molar-refractivity contribution in [2.24, 2.45) is 0 Å². The van der Waals surface area contributed by atoms with E-state index >= 15 is 0 Å². The van der Waals surface area contributed by atoms with Crippen molar-refractivity contribution in [1.82, 2.24) is 0 Å². The number of rotatable bonds is 9. The summed E-state index contributed by atoms with van der Waals surface area (Å²) in [6.45, 7) is 0. The summed E-state index contributed by atoms with van der Waals surface area (Å²) in [6.07, 6.45) is 0. The molecule has 0 N–H and O–H groups in total. The molecule has 0 unspecified atom stereocenters. The van der Waals surface area contributed by atoms with Gasteiger partial charge in [0, 0.05) is 34.1 Å². The second-order valence-corrected chi connectivity index (χ2v) is 11.7. The molecule has 0 saturated heterocycles. The fourth-order valence-corrected chi connectivity index (χ4v) is 6.01. The van der Waals surface area contributed by atoms with Crippen molar-refractivity contribution in [3.05, 3.63) is 180 Å². The molecule has 0 saturated carbocycles. The molecule has 6 rings (SSSR count). The molecular weight excluding hydrogens is 665 g/mol. The molecule has 0 heterocycles. The van der Waals surface area contributed by atoms with Crippen LogP contribution >= 0.6 is 0 Å². The van der Waals surface area contributed by atoms with E-state index in [1.54, 1.807) is 48.5 Å². The number of anilines is 6. The molecular formula is C46H26N8. The minimum atomic E-state index is -0.229. The fourth-order valence-electron chi connectivity index (χ4n) is 6.01. The minimum absolute atomic E-state index is 0.0340. The lowest BCUT2D eigenvalue weighted by atomic mass is 10.0. The monoisotopic (exact) mass is 690 g/mol. The van der Waals surface area contributed by atoms with E-state index in [0.717, 1.165) is 45.3 Å². The highest BCUT2D eigenvalue weighted by molar-refractivity contribution is 5.87. The average molecular weight is 691 g/mol. The van der Waals surface area contributed by atoms with Crippen LogP contribution in [0.1, 0.15) is 11.1 Å². The van der Waals surface area contributed by atoms with Gasteiger partial charge in [0.15, 0.2) is 0 Å². The second kappa shape index (κ2) is 16.4. The predicted molar refractivity (Wildman–Crippen MR) is 209 cm³/mol. The Kier molecular flexibility index (Phi) is 10.7. The highest BCUT2D eigenvalue weighted by atomic mass is 15.1. The number of para-hydroxylation sites is 2. The standard InChI is InChI=1S/C46H26N8/c47-27-37(28-48)45(31-51)35-15-23-43(24-16-35)53(39-7-3-1-4-8-39)41-19-11-33(12-20-41)34-13-21-42(22-14-34)54(40-9-5-2-6-10-40)44-25-17-36(18-26-44)46(32-52)38(29-49)30-50/h1-26H. The summed E-state index contributed by atoms with van der Waals surface area (Å²) in [5, 5.41) is 56.5. The van der Waals surface area contributed by atoms with E-state index in [2.05, 4.69) is 34.1 Å². The fraction of sp³-hybridized carbons (Fsp3) is 0. The van der Waals surface area contributed by atoms with E-state index in [4.69, 9.17) is 0 Å². The zero-order valence-electron chi connectivity index (χ0n) is 28.6. The number of benzene rings is 6. The summed E-state index contributed by atoms with van der Waals surface area (Å²) in [4.78, 5) is 4.17. The predicted octanol–water partition coefficient (Wildman–Crippen LogP) is 10.9. The number of hydrogen-bond acceptors (Lipinski definition) is 8. The lowest BCUT2D eigenvalue weighted by molar-refractivity contribution is 1.28. The highest BCUT2D eigenvalue weighted by Gasteiger charge is 2.17. The van der Waals surface area contributed by atoms with Crippen molar-refractivity contribution in [1.29, 1.82) is 31.6 Å². The summed E-state index contributed by atoms with van der Waals surface area (Å²) in [5.41, 5.74) is 7.94. The number of nitrogens with zero attached hydrogens (tertiary/aromatic N) is 8. The van der Waals surface area contributed by atoms with Crippen molar-refractivity contribution in [3.63, 3.8) is 0 Å². The summed E-state index contributed by atoms with van der Waals surface area (Å²) in [7, 11) is 0. The maximum absolute atomic E-state index is 9.63. The zero-order chi connectivity index (χ0) is 37.9. The van der Waals surface area contributed by atoms with Crippen LogP contribution < -0.4 is 9.80 Å². The van der Waals surface area contributed by atoms with E-state index in [-0.39, 0.29) is 22.3 Å². The van der Waals surface area contributed by atoms with Crippen LogP contribution in [0.15, 0.2) is 169 Å². The van der Waals surface area contributed by atoms with Gasteiger partial charge in [-0.3, -0.25) is 0 Å². The third-order valence-electron chi connectivity index (χ3n) is 8.61. The molecule has 0 radical (unpaired) electrons. The molecule has 250 valence electrons. The first-order chi connectivity index (χ1) is 26.5. The topological polar surface area (TPSA) is 149 Å². The molecule has 6 aromatic carbocycles. The van der Waals surface area contributed by atoms with Gasteiger partial charge in [-0.25, -0.2) is 0 Å². The van der Waals surface area contributed by atoms with Crippen molar-refractivity contribution in [2.45, 2.75) is 0 Å².